The van der Waals surface area contributed by atoms with Crippen LogP contribution in [0, 0.1) is 23.7 Å². The Morgan fingerprint density at radius 2 is 1.51 bits per heavy atom. The standard InChI is InChI=1S/C40H71NO14/c1-16-28-40(10,46)33(44)22(3)30(43)21(2)19-38(8,48-14)34(55-37-32(47-13)27(41(11)12)17-18-50-37)23(4)31(24(5)36(45)53-28)54-29-20-39(9,49-15)35(25(6)51-29)52-26(7)42/h21-25,27-29,31-35,37,44,46H,16-20H2,1-15H3/t21-,22+,23+,24-,25+,27+,28-,29?,31+,32-,33-,34-,35+,37+,38-,39-,40-/m1/s1. The summed E-state index contributed by atoms with van der Waals surface area (Å²) < 4.78 is 56.3. The molecular weight excluding hydrogens is 718 g/mol. The molecule has 0 aromatic carbocycles. The minimum atomic E-state index is -1.97. The van der Waals surface area contributed by atoms with E-state index in [9.17, 15) is 24.6 Å². The smallest absolute Gasteiger partial charge is 0.311 e. The Bertz CT molecular complexity index is 1280. The number of esters is 2. The zero-order chi connectivity index (χ0) is 41.8. The van der Waals surface area contributed by atoms with Crippen molar-refractivity contribution in [2.45, 2.75) is 173 Å². The molecule has 0 aliphatic carbocycles. The van der Waals surface area contributed by atoms with E-state index in [4.69, 9.17) is 42.6 Å². The molecule has 55 heavy (non-hydrogen) atoms. The van der Waals surface area contributed by atoms with Crippen LogP contribution in [0.2, 0.25) is 0 Å². The third-order valence-corrected chi connectivity index (χ3v) is 12.5. The maximum absolute atomic E-state index is 14.3. The predicted octanol–water partition coefficient (Wildman–Crippen LogP) is 3.28. The molecule has 0 bridgehead atoms. The highest BCUT2D eigenvalue weighted by Gasteiger charge is 2.54. The van der Waals surface area contributed by atoms with Crippen molar-refractivity contribution >= 4 is 17.7 Å². The molecular formula is C40H71NO14. The number of carbonyl (C=O) groups is 3. The lowest BCUT2D eigenvalue weighted by molar-refractivity contribution is -0.316. The quantitative estimate of drug-likeness (QED) is 0.308. The molecule has 3 rings (SSSR count). The second-order valence-electron chi connectivity index (χ2n) is 16.9. The Balaban J connectivity index is 2.23. The first-order valence-corrected chi connectivity index (χ1v) is 19.7. The summed E-state index contributed by atoms with van der Waals surface area (Å²) in [7, 11) is 8.60. The first-order chi connectivity index (χ1) is 25.5. The Morgan fingerprint density at radius 3 is 2.04 bits per heavy atom. The fourth-order valence-corrected chi connectivity index (χ4v) is 9.00. The summed E-state index contributed by atoms with van der Waals surface area (Å²) in [5.74, 6) is -4.85. The van der Waals surface area contributed by atoms with Gasteiger partial charge in [-0.3, -0.25) is 14.4 Å². The number of hydrogen-bond donors (Lipinski definition) is 2. The van der Waals surface area contributed by atoms with E-state index < -0.39 is 108 Å². The number of methoxy groups -OCH3 is 3. The van der Waals surface area contributed by atoms with E-state index in [1.807, 2.05) is 34.9 Å². The van der Waals surface area contributed by atoms with Crippen molar-refractivity contribution in [1.82, 2.24) is 4.90 Å². The average Bonchev–Trinajstić information content (AvgIpc) is 3.13. The molecule has 3 saturated heterocycles. The van der Waals surface area contributed by atoms with Crippen LogP contribution >= 0.6 is 0 Å². The molecule has 320 valence electrons. The molecule has 1 unspecified atom stereocenters. The van der Waals surface area contributed by atoms with Gasteiger partial charge in [-0.2, -0.15) is 0 Å². The van der Waals surface area contributed by atoms with Gasteiger partial charge in [0.05, 0.1) is 42.5 Å². The van der Waals surface area contributed by atoms with Gasteiger partial charge in [0.1, 0.15) is 29.2 Å². The highest BCUT2D eigenvalue weighted by Crippen LogP contribution is 2.42. The third kappa shape index (κ3) is 10.5. The third-order valence-electron chi connectivity index (χ3n) is 12.5. The molecule has 2 N–H and O–H groups in total. The summed E-state index contributed by atoms with van der Waals surface area (Å²) in [6, 6.07) is -0.0389. The highest BCUT2D eigenvalue weighted by atomic mass is 16.7. The van der Waals surface area contributed by atoms with Crippen molar-refractivity contribution in [3.8, 4) is 0 Å². The minimum Gasteiger partial charge on any atom is -0.459 e. The van der Waals surface area contributed by atoms with Gasteiger partial charge in [-0.25, -0.2) is 0 Å². The van der Waals surface area contributed by atoms with Crippen LogP contribution in [0.1, 0.15) is 94.9 Å². The number of aliphatic hydroxyl groups excluding tert-OH is 1. The van der Waals surface area contributed by atoms with Gasteiger partial charge in [-0.05, 0) is 68.0 Å². The van der Waals surface area contributed by atoms with E-state index in [1.54, 1.807) is 41.7 Å². The van der Waals surface area contributed by atoms with Gasteiger partial charge >= 0.3 is 11.9 Å². The second-order valence-corrected chi connectivity index (χ2v) is 16.9. The Hall–Kier alpha value is -1.79. The molecule has 3 fully saturated rings. The number of likely N-dealkylation sites (N-methyl/N-ethyl adjacent to an activating group) is 1. The van der Waals surface area contributed by atoms with Crippen LogP contribution in [0.4, 0.5) is 0 Å². The maximum atomic E-state index is 14.3. The van der Waals surface area contributed by atoms with Crippen LogP contribution in [0.25, 0.3) is 0 Å². The highest BCUT2D eigenvalue weighted by molar-refractivity contribution is 5.83. The molecule has 0 spiro atoms. The molecule has 3 aliphatic rings. The molecule has 0 amide bonds. The molecule has 3 aliphatic heterocycles. The van der Waals surface area contributed by atoms with Gasteiger partial charge in [0, 0.05) is 58.5 Å². The number of rotatable bonds is 10. The molecule has 0 radical (unpaired) electrons. The minimum absolute atomic E-state index is 0.0389. The maximum Gasteiger partial charge on any atom is 0.311 e. The molecule has 15 nitrogen and oxygen atoms in total. The number of hydrogen-bond acceptors (Lipinski definition) is 15. The fourth-order valence-electron chi connectivity index (χ4n) is 9.00. The normalized spacial score (nSPS) is 45.5. The van der Waals surface area contributed by atoms with E-state index in [2.05, 4.69) is 4.90 Å². The van der Waals surface area contributed by atoms with Crippen LogP contribution in [0.5, 0.6) is 0 Å². The number of carbonyl (C=O) groups excluding carboxylic acids is 3. The zero-order valence-corrected chi connectivity index (χ0v) is 35.9. The number of Topliss-reactive ketones (excluding diaryl/α,β-unsaturated/α-hetero) is 1. The summed E-state index contributed by atoms with van der Waals surface area (Å²) in [6.45, 7) is 17.1. The molecule has 0 aromatic rings. The van der Waals surface area contributed by atoms with Crippen molar-refractivity contribution in [3.63, 3.8) is 0 Å². The van der Waals surface area contributed by atoms with Gasteiger partial charge in [0.25, 0.3) is 0 Å². The summed E-state index contributed by atoms with van der Waals surface area (Å²) in [6.07, 6.45) is -7.19. The van der Waals surface area contributed by atoms with E-state index in [0.29, 0.717) is 13.0 Å². The lowest BCUT2D eigenvalue weighted by atomic mass is 9.74. The van der Waals surface area contributed by atoms with Crippen LogP contribution in [-0.2, 0) is 57.0 Å². The van der Waals surface area contributed by atoms with E-state index in [-0.39, 0.29) is 31.1 Å². The molecule has 0 saturated carbocycles. The van der Waals surface area contributed by atoms with Gasteiger partial charge in [0.15, 0.2) is 18.7 Å². The lowest BCUT2D eigenvalue weighted by Crippen LogP contribution is -2.61. The molecule has 0 aromatic heterocycles. The number of cyclic esters (lactones) is 1. The van der Waals surface area contributed by atoms with Gasteiger partial charge in [-0.15, -0.1) is 0 Å². The average molecular weight is 790 g/mol. The van der Waals surface area contributed by atoms with Gasteiger partial charge < -0.3 is 57.7 Å². The number of ketones is 1. The summed E-state index contributed by atoms with van der Waals surface area (Å²) >= 11 is 0. The van der Waals surface area contributed by atoms with Crippen LogP contribution in [0.3, 0.4) is 0 Å². The van der Waals surface area contributed by atoms with Crippen molar-refractivity contribution in [2.24, 2.45) is 23.7 Å². The Morgan fingerprint density at radius 1 is 0.909 bits per heavy atom. The van der Waals surface area contributed by atoms with Gasteiger partial charge in [-0.1, -0.05) is 27.7 Å². The number of ether oxygens (including phenoxy) is 9. The van der Waals surface area contributed by atoms with E-state index >= 15 is 0 Å². The summed E-state index contributed by atoms with van der Waals surface area (Å²) in [4.78, 5) is 42.5. The Labute approximate surface area is 328 Å². The number of aliphatic hydroxyl groups is 2. The van der Waals surface area contributed by atoms with E-state index in [0.717, 1.165) is 0 Å². The van der Waals surface area contributed by atoms with Crippen LogP contribution < -0.4 is 0 Å². The Kier molecular flexibility index (Phi) is 16.7. The SMILES string of the molecule is CC[C@H]1OC(=O)[C@H](C)[C@@H](OC2C[C@@](C)(OC)[C@@H](OC(C)=O)[C@H](C)O2)[C@H](C)[C@@H](O[C@@H]2OCC[C@H](N(C)C)[C@H]2OC)[C@](C)(OC)C[C@@H](C)C(=O)[C@H](C)[C@@H](O)[C@]1(C)O. The summed E-state index contributed by atoms with van der Waals surface area (Å²) in [5.41, 5.74) is -4.19. The monoisotopic (exact) mass is 789 g/mol. The lowest BCUT2D eigenvalue weighted by Gasteiger charge is -2.50. The van der Waals surface area contributed by atoms with Crippen LogP contribution in [-0.4, -0.2) is 153 Å². The summed E-state index contributed by atoms with van der Waals surface area (Å²) in [5, 5.41) is 23.2. The molecule has 3 heterocycles. The zero-order valence-electron chi connectivity index (χ0n) is 35.9. The number of nitrogens with zero attached hydrogens (tertiary/aromatic N) is 1. The first-order valence-electron chi connectivity index (χ1n) is 19.7. The fraction of sp³-hybridized carbons (Fsp3) is 0.925. The topological polar surface area (TPSA) is 178 Å². The first kappa shape index (κ1) is 47.6. The van der Waals surface area contributed by atoms with Crippen molar-refractivity contribution < 1.29 is 67.2 Å². The van der Waals surface area contributed by atoms with E-state index in [1.165, 1.54) is 28.1 Å². The predicted molar refractivity (Wildman–Crippen MR) is 201 cm³/mol. The largest absolute Gasteiger partial charge is 0.459 e. The van der Waals surface area contributed by atoms with Crippen molar-refractivity contribution in [3.05, 3.63) is 0 Å². The van der Waals surface area contributed by atoms with Crippen molar-refractivity contribution in [1.29, 1.82) is 0 Å². The molecule has 15 heteroatoms. The molecule has 17 atom stereocenters. The second kappa shape index (κ2) is 19.3. The van der Waals surface area contributed by atoms with Crippen molar-refractivity contribution in [2.75, 3.05) is 42.0 Å². The van der Waals surface area contributed by atoms with Crippen LogP contribution in [0.15, 0.2) is 0 Å². The van der Waals surface area contributed by atoms with Gasteiger partial charge in [0.2, 0.25) is 0 Å².